The Kier molecular flexibility index (Phi) is 6.95. The van der Waals surface area contributed by atoms with Gasteiger partial charge in [0.15, 0.2) is 11.5 Å². The fraction of sp³-hybridized carbons (Fsp3) is 0.316. The van der Waals surface area contributed by atoms with Crippen molar-refractivity contribution in [2.75, 3.05) is 39.7 Å². The Balaban J connectivity index is 1.78. The SMILES string of the molecule is COc1ccc(NC(=O)N(C)CCCOc2ccccc2)cc1OC. The number of nitrogens with one attached hydrogen (secondary N) is 1. The van der Waals surface area contributed by atoms with E-state index >= 15 is 0 Å². The zero-order valence-corrected chi connectivity index (χ0v) is 14.8. The molecule has 1 N–H and O–H groups in total. The van der Waals surface area contributed by atoms with E-state index in [0.29, 0.717) is 30.3 Å². The summed E-state index contributed by atoms with van der Waals surface area (Å²) in [5, 5.41) is 2.84. The smallest absolute Gasteiger partial charge is 0.321 e. The van der Waals surface area contributed by atoms with Crippen LogP contribution >= 0.6 is 0 Å². The number of hydrogen-bond donors (Lipinski definition) is 1. The number of rotatable bonds is 8. The van der Waals surface area contributed by atoms with Gasteiger partial charge in [0.25, 0.3) is 0 Å². The number of carbonyl (C=O) groups excluding carboxylic acids is 1. The lowest BCUT2D eigenvalue weighted by molar-refractivity contribution is 0.216. The molecule has 2 aromatic carbocycles. The first-order chi connectivity index (χ1) is 12.1. The van der Waals surface area contributed by atoms with Gasteiger partial charge in [0.1, 0.15) is 5.75 Å². The Hall–Kier alpha value is -2.89. The van der Waals surface area contributed by atoms with Gasteiger partial charge in [0.2, 0.25) is 0 Å². The molecule has 0 fully saturated rings. The number of urea groups is 1. The lowest BCUT2D eigenvalue weighted by Crippen LogP contribution is -2.32. The first-order valence-electron chi connectivity index (χ1n) is 8.06. The highest BCUT2D eigenvalue weighted by Crippen LogP contribution is 2.29. The van der Waals surface area contributed by atoms with Crippen LogP contribution in [-0.4, -0.2) is 45.3 Å². The third-order valence-corrected chi connectivity index (χ3v) is 3.63. The molecule has 0 aliphatic heterocycles. The van der Waals surface area contributed by atoms with Crippen LogP contribution < -0.4 is 19.5 Å². The molecular weight excluding hydrogens is 320 g/mol. The molecule has 0 spiro atoms. The summed E-state index contributed by atoms with van der Waals surface area (Å²) < 4.78 is 16.0. The predicted molar refractivity (Wildman–Crippen MR) is 97.7 cm³/mol. The molecular formula is C19H24N2O4. The maximum atomic E-state index is 12.2. The van der Waals surface area contributed by atoms with Crippen LogP contribution in [0.2, 0.25) is 0 Å². The van der Waals surface area contributed by atoms with Gasteiger partial charge in [-0.15, -0.1) is 0 Å². The van der Waals surface area contributed by atoms with Crippen LogP contribution in [0.5, 0.6) is 17.2 Å². The Morgan fingerprint density at radius 2 is 1.76 bits per heavy atom. The van der Waals surface area contributed by atoms with Gasteiger partial charge in [-0.3, -0.25) is 0 Å². The van der Waals surface area contributed by atoms with Crippen LogP contribution in [0.15, 0.2) is 48.5 Å². The summed E-state index contributed by atoms with van der Waals surface area (Å²) in [6.07, 6.45) is 0.741. The van der Waals surface area contributed by atoms with Crippen LogP contribution in [0, 0.1) is 0 Å². The van der Waals surface area contributed by atoms with Crippen molar-refractivity contribution in [3.63, 3.8) is 0 Å². The molecule has 25 heavy (non-hydrogen) atoms. The number of ether oxygens (including phenoxy) is 3. The highest BCUT2D eigenvalue weighted by molar-refractivity contribution is 5.89. The normalized spacial score (nSPS) is 10.0. The molecule has 0 heterocycles. The molecule has 0 aliphatic carbocycles. The van der Waals surface area contributed by atoms with E-state index in [2.05, 4.69) is 5.32 Å². The van der Waals surface area contributed by atoms with E-state index in [0.717, 1.165) is 12.2 Å². The molecule has 6 heteroatoms. The summed E-state index contributed by atoms with van der Waals surface area (Å²) in [6.45, 7) is 1.14. The standard InChI is InChI=1S/C19H24N2O4/c1-21(12-7-13-25-16-8-5-4-6-9-16)19(22)20-15-10-11-17(23-2)18(14-15)24-3/h4-6,8-11,14H,7,12-13H2,1-3H3,(H,20,22). The maximum Gasteiger partial charge on any atom is 0.321 e. The summed E-state index contributed by atoms with van der Waals surface area (Å²) in [7, 11) is 4.88. The quantitative estimate of drug-likeness (QED) is 0.743. The van der Waals surface area contributed by atoms with E-state index in [1.54, 1.807) is 44.4 Å². The lowest BCUT2D eigenvalue weighted by atomic mass is 10.2. The number of para-hydroxylation sites is 1. The molecule has 2 aromatic rings. The number of hydrogen-bond acceptors (Lipinski definition) is 4. The minimum absolute atomic E-state index is 0.188. The van der Waals surface area contributed by atoms with Crippen molar-refractivity contribution in [1.29, 1.82) is 0 Å². The second-order valence-corrected chi connectivity index (χ2v) is 5.44. The van der Waals surface area contributed by atoms with Crippen molar-refractivity contribution in [2.45, 2.75) is 6.42 Å². The second kappa shape index (κ2) is 9.42. The van der Waals surface area contributed by atoms with Crippen molar-refractivity contribution >= 4 is 11.7 Å². The lowest BCUT2D eigenvalue weighted by Gasteiger charge is -2.18. The molecule has 134 valence electrons. The maximum absolute atomic E-state index is 12.2. The van der Waals surface area contributed by atoms with Crippen LogP contribution in [0.25, 0.3) is 0 Å². The Bertz CT molecular complexity index is 676. The average molecular weight is 344 g/mol. The zero-order valence-electron chi connectivity index (χ0n) is 14.8. The van der Waals surface area contributed by atoms with E-state index in [1.165, 1.54) is 0 Å². The van der Waals surface area contributed by atoms with Crippen LogP contribution in [0.3, 0.4) is 0 Å². The monoisotopic (exact) mass is 344 g/mol. The number of carbonyl (C=O) groups is 1. The Morgan fingerprint density at radius 3 is 2.44 bits per heavy atom. The molecule has 2 amide bonds. The van der Waals surface area contributed by atoms with Gasteiger partial charge in [0, 0.05) is 25.3 Å². The van der Waals surface area contributed by atoms with Crippen LogP contribution in [-0.2, 0) is 0 Å². The molecule has 0 unspecified atom stereocenters. The minimum Gasteiger partial charge on any atom is -0.494 e. The van der Waals surface area contributed by atoms with E-state index in [9.17, 15) is 4.79 Å². The van der Waals surface area contributed by atoms with Crippen molar-refractivity contribution in [3.05, 3.63) is 48.5 Å². The minimum atomic E-state index is -0.188. The highest BCUT2D eigenvalue weighted by Gasteiger charge is 2.11. The molecule has 2 rings (SSSR count). The number of nitrogens with zero attached hydrogens (tertiary/aromatic N) is 1. The van der Waals surface area contributed by atoms with E-state index in [-0.39, 0.29) is 6.03 Å². The van der Waals surface area contributed by atoms with Crippen molar-refractivity contribution in [2.24, 2.45) is 0 Å². The Morgan fingerprint density at radius 1 is 1.04 bits per heavy atom. The number of methoxy groups -OCH3 is 2. The van der Waals surface area contributed by atoms with E-state index in [4.69, 9.17) is 14.2 Å². The van der Waals surface area contributed by atoms with E-state index in [1.807, 2.05) is 30.3 Å². The van der Waals surface area contributed by atoms with Crippen molar-refractivity contribution < 1.29 is 19.0 Å². The largest absolute Gasteiger partial charge is 0.494 e. The van der Waals surface area contributed by atoms with Crippen molar-refractivity contribution in [3.8, 4) is 17.2 Å². The van der Waals surface area contributed by atoms with E-state index < -0.39 is 0 Å². The Labute approximate surface area is 148 Å². The molecule has 6 nitrogen and oxygen atoms in total. The van der Waals surface area contributed by atoms with Gasteiger partial charge in [-0.1, -0.05) is 18.2 Å². The second-order valence-electron chi connectivity index (χ2n) is 5.44. The molecule has 0 atom stereocenters. The van der Waals surface area contributed by atoms with Crippen molar-refractivity contribution in [1.82, 2.24) is 4.90 Å². The number of amides is 2. The first kappa shape index (κ1) is 18.4. The van der Waals surface area contributed by atoms with Crippen LogP contribution in [0.4, 0.5) is 10.5 Å². The molecule has 0 saturated carbocycles. The fourth-order valence-electron chi connectivity index (χ4n) is 2.24. The third kappa shape index (κ3) is 5.60. The summed E-state index contributed by atoms with van der Waals surface area (Å²) in [5.41, 5.74) is 0.648. The molecule has 0 aromatic heterocycles. The van der Waals surface area contributed by atoms with Crippen LogP contribution in [0.1, 0.15) is 6.42 Å². The highest BCUT2D eigenvalue weighted by atomic mass is 16.5. The molecule has 0 bridgehead atoms. The van der Waals surface area contributed by atoms with Gasteiger partial charge < -0.3 is 24.4 Å². The van der Waals surface area contributed by atoms with Gasteiger partial charge in [-0.2, -0.15) is 0 Å². The topological polar surface area (TPSA) is 60.0 Å². The average Bonchev–Trinajstić information content (AvgIpc) is 2.65. The molecule has 0 saturated heterocycles. The zero-order chi connectivity index (χ0) is 18.1. The predicted octanol–water partition coefficient (Wildman–Crippen LogP) is 3.64. The summed E-state index contributed by atoms with van der Waals surface area (Å²) in [6, 6.07) is 14.7. The number of anilines is 1. The van der Waals surface area contributed by atoms with Gasteiger partial charge in [-0.25, -0.2) is 4.79 Å². The van der Waals surface area contributed by atoms with Gasteiger partial charge in [0.05, 0.1) is 20.8 Å². The molecule has 0 radical (unpaired) electrons. The first-order valence-corrected chi connectivity index (χ1v) is 8.06. The summed E-state index contributed by atoms with van der Waals surface area (Å²) >= 11 is 0. The number of benzene rings is 2. The van der Waals surface area contributed by atoms with Gasteiger partial charge >= 0.3 is 6.03 Å². The summed E-state index contributed by atoms with van der Waals surface area (Å²) in [5.74, 6) is 2.02. The molecule has 0 aliphatic rings. The fourth-order valence-corrected chi connectivity index (χ4v) is 2.24. The summed E-state index contributed by atoms with van der Waals surface area (Å²) in [4.78, 5) is 13.8. The van der Waals surface area contributed by atoms with Gasteiger partial charge in [-0.05, 0) is 30.7 Å². The third-order valence-electron chi connectivity index (χ3n) is 3.63.